The number of hydrogen-bond donors (Lipinski definition) is 2. The van der Waals surface area contributed by atoms with E-state index in [0.717, 1.165) is 22.3 Å². The van der Waals surface area contributed by atoms with E-state index in [4.69, 9.17) is 65.7 Å². The first kappa shape index (κ1) is 72.9. The highest BCUT2D eigenvalue weighted by atomic mass is 16.6. The van der Waals surface area contributed by atoms with Gasteiger partial charge >= 0.3 is 11.9 Å². The predicted octanol–water partition coefficient (Wildman–Crippen LogP) is 19.9. The van der Waals surface area contributed by atoms with Crippen LogP contribution in [0, 0.1) is 0 Å². The number of nitrogens with zero attached hydrogens (tertiary/aromatic N) is 2. The van der Waals surface area contributed by atoms with Crippen molar-refractivity contribution >= 4 is 78.7 Å². The fourth-order valence-corrected chi connectivity index (χ4v) is 16.0. The molecule has 2 N–H and O–H groups in total. The van der Waals surface area contributed by atoms with Gasteiger partial charge in [0, 0.05) is 68.8 Å². The van der Waals surface area contributed by atoms with Crippen molar-refractivity contribution in [3.8, 4) is 92.0 Å². The molecular formula is C96H66N2O22. The number of carbonyl (C=O) groups excluding carboxylic acids is 4. The number of epoxide rings is 4. The highest BCUT2D eigenvalue weighted by molar-refractivity contribution is 6.45. The lowest BCUT2D eigenvalue weighted by molar-refractivity contribution is -0.143. The van der Waals surface area contributed by atoms with Gasteiger partial charge in [0.15, 0.2) is 12.1 Å². The lowest BCUT2D eigenvalue weighted by atomic mass is 9.80. The fraction of sp³-hybridized carbons (Fsp3) is 0.146. The number of rotatable bonds is 30. The predicted molar refractivity (Wildman–Crippen MR) is 433 cm³/mol. The van der Waals surface area contributed by atoms with Crippen LogP contribution in [0.5, 0.6) is 92.0 Å². The van der Waals surface area contributed by atoms with Crippen molar-refractivity contribution in [2.75, 3.05) is 26.4 Å². The zero-order valence-electron chi connectivity index (χ0n) is 63.3. The van der Waals surface area contributed by atoms with E-state index in [-0.39, 0.29) is 147 Å². The van der Waals surface area contributed by atoms with Gasteiger partial charge in [-0.2, -0.15) is 0 Å². The smallest absolute Gasteiger partial charge is 0.334 e. The third-order valence-corrected chi connectivity index (χ3v) is 21.8. The highest BCUT2D eigenvalue weighted by Crippen LogP contribution is 2.59. The fourth-order valence-electron chi connectivity index (χ4n) is 16.0. The molecular weight excluding hydrogens is 1530 g/mol. The number of carbonyl (C=O) groups is 6. The molecule has 0 bridgehead atoms. The van der Waals surface area contributed by atoms with Gasteiger partial charge in [-0.3, -0.25) is 29.0 Å². The molecule has 4 fully saturated rings. The average molecular weight is 1600 g/mol. The topological polar surface area (TPSA) is 300 Å². The van der Waals surface area contributed by atoms with E-state index in [2.05, 4.69) is 0 Å². The molecule has 8 heterocycles. The first-order valence-corrected chi connectivity index (χ1v) is 39.0. The minimum atomic E-state index is -2.04. The average Bonchev–Trinajstić information content (AvgIpc) is 0.989. The van der Waals surface area contributed by atoms with Crippen LogP contribution in [0.1, 0.15) is 87.3 Å². The molecule has 4 saturated heterocycles. The van der Waals surface area contributed by atoms with Gasteiger partial charge in [-0.15, -0.1) is 0 Å². The van der Waals surface area contributed by atoms with Crippen LogP contribution < -0.4 is 37.9 Å². The van der Waals surface area contributed by atoms with Crippen molar-refractivity contribution in [2.24, 2.45) is 0 Å². The third kappa shape index (κ3) is 14.2. The Morgan fingerprint density at radius 2 is 0.525 bits per heavy atom. The summed E-state index contributed by atoms with van der Waals surface area (Å²) in [4.78, 5) is 94.1. The molecule has 0 aliphatic carbocycles. The number of imide groups is 2. The number of ether oxygens (including phenoxy) is 12. The van der Waals surface area contributed by atoms with Gasteiger partial charge in [-0.05, 0) is 216 Å². The Morgan fingerprint density at radius 1 is 0.292 bits per heavy atom. The molecule has 4 amide bonds. The summed E-state index contributed by atoms with van der Waals surface area (Å²) in [6.45, 7) is 2.69. The van der Waals surface area contributed by atoms with E-state index in [1.165, 1.54) is 61.1 Å². The Kier molecular flexibility index (Phi) is 18.0. The van der Waals surface area contributed by atoms with Crippen LogP contribution in [0.3, 0.4) is 0 Å². The molecule has 13 aromatic carbocycles. The van der Waals surface area contributed by atoms with E-state index < -0.39 is 47.7 Å². The van der Waals surface area contributed by atoms with Crippen LogP contribution in [-0.2, 0) is 54.2 Å². The summed E-state index contributed by atoms with van der Waals surface area (Å²) >= 11 is 0. The van der Waals surface area contributed by atoms with Gasteiger partial charge in [0.1, 0.15) is 104 Å². The number of hydrogen-bond acceptors (Lipinski definition) is 20. The number of carboxylic acids is 2. The van der Waals surface area contributed by atoms with Crippen LogP contribution in [0.15, 0.2) is 264 Å². The van der Waals surface area contributed by atoms with Crippen molar-refractivity contribution in [3.05, 3.63) is 311 Å². The minimum Gasteiger partial charge on any atom is -0.479 e. The Balaban J connectivity index is 0.818. The van der Waals surface area contributed by atoms with E-state index in [1.807, 2.05) is 97.1 Å². The van der Waals surface area contributed by atoms with Gasteiger partial charge in [0.2, 0.25) is 0 Å². The van der Waals surface area contributed by atoms with Crippen molar-refractivity contribution in [3.63, 3.8) is 0 Å². The molecule has 6 unspecified atom stereocenters. The summed E-state index contributed by atoms with van der Waals surface area (Å²) < 4.78 is 88.4. The highest BCUT2D eigenvalue weighted by Gasteiger charge is 2.48. The Hall–Kier alpha value is -14.8. The summed E-state index contributed by atoms with van der Waals surface area (Å²) in [7, 11) is 0. The molecule has 0 radical (unpaired) electrons. The maximum atomic E-state index is 16.3. The first-order chi connectivity index (χ1) is 58.6. The molecule has 15 aromatic rings. The lowest BCUT2D eigenvalue weighted by Gasteiger charge is -2.34. The zero-order chi connectivity index (χ0) is 81.0. The Bertz CT molecular complexity index is 5890. The molecule has 6 aliphatic rings. The molecule has 24 heteroatoms. The minimum absolute atomic E-state index is 0.0181. The number of benzene rings is 13. The van der Waals surface area contributed by atoms with Crippen LogP contribution in [0.25, 0.3) is 43.1 Å². The molecule has 6 atom stereocenters. The van der Waals surface area contributed by atoms with Crippen LogP contribution in [0.2, 0.25) is 0 Å². The van der Waals surface area contributed by atoms with E-state index >= 15 is 19.2 Å². The zero-order valence-corrected chi connectivity index (χ0v) is 63.3. The van der Waals surface area contributed by atoms with E-state index in [0.29, 0.717) is 108 Å². The van der Waals surface area contributed by atoms with Gasteiger partial charge in [-0.1, -0.05) is 48.5 Å². The molecule has 0 saturated carbocycles. The first-order valence-electron chi connectivity index (χ1n) is 39.0. The van der Waals surface area contributed by atoms with Gasteiger partial charge in [0.05, 0.1) is 85.6 Å². The van der Waals surface area contributed by atoms with Gasteiger partial charge in [0.25, 0.3) is 23.6 Å². The van der Waals surface area contributed by atoms with Crippen molar-refractivity contribution < 1.29 is 105 Å². The molecule has 6 aliphatic heterocycles. The number of carboxylic acid groups (broad SMARTS) is 2. The SMILES string of the molecule is O=C(O)C(c1ccco1)N1C(=O)c2cc(Oc3ccc(Oc4cccc(CC5CO5)c4)cc3)c3c4c(Oc5ccc(Oc6cccc(CC7CO7)c6)cc5)cc5c6c(cc(Oc7ccc(Oc8cccc(CC9CO9)c8)cc7)c(c7c(Oc8ccc(Oc9cccc(CC%10CO%10)c9)cc8)cc(c2c37)C1=O)c64)C(=O)N(C(C(=O)O)c1ccco1)C5=O. The second-order valence-electron chi connectivity index (χ2n) is 30.1. The van der Waals surface area contributed by atoms with Crippen molar-refractivity contribution in [1.82, 2.24) is 9.80 Å². The Labute approximate surface area is 681 Å². The normalized spacial score (nSPS) is 17.3. The van der Waals surface area contributed by atoms with Gasteiger partial charge < -0.3 is 75.9 Å². The number of amides is 4. The van der Waals surface area contributed by atoms with E-state index in [9.17, 15) is 19.8 Å². The quantitative estimate of drug-likeness (QED) is 0.0183. The summed E-state index contributed by atoms with van der Waals surface area (Å²) in [5.41, 5.74) is 3.17. The van der Waals surface area contributed by atoms with Crippen molar-refractivity contribution in [1.29, 1.82) is 0 Å². The summed E-state index contributed by atoms with van der Waals surface area (Å²) in [5.74, 6) is -3.94. The second-order valence-corrected chi connectivity index (χ2v) is 30.1. The van der Waals surface area contributed by atoms with Gasteiger partial charge in [-0.25, -0.2) is 9.59 Å². The number of fused-ring (bicyclic) bond motifs is 2. The summed E-state index contributed by atoms with van der Waals surface area (Å²) in [6.07, 6.45) is 5.79. The number of furan rings is 2. The molecule has 2 aromatic heterocycles. The summed E-state index contributed by atoms with van der Waals surface area (Å²) in [6, 6.07) is 64.4. The maximum Gasteiger partial charge on any atom is 0.334 e. The van der Waals surface area contributed by atoms with Crippen LogP contribution >= 0.6 is 0 Å². The Morgan fingerprint density at radius 3 is 0.733 bits per heavy atom. The largest absolute Gasteiger partial charge is 0.479 e. The standard InChI is InChI=1S/C96H66N2O22/c99-91-71-43-77(117-59-25-17-55(18-26-59)113-63-11-1-7-51(35-63)39-67-47-109-67)83-84-78(118-60-27-19-56(20-28-60)114-64-12-2-8-52(36-64)40-68-48-110-68)44-73-82-74(94(102)98(93(73)101)90(96(105)106)76-16-6-34-108-76)46-80(120-62-31-23-58(24-32-62)116-66-14-4-10-54(38-66)42-70-50-112-70)86(88(82)84)85-79(45-72(81(71)87(83)85)92(100)97(91)89(95(103)104)75-15-5-33-107-75)119-61-29-21-57(22-30-61)115-65-13-3-9-53(37-65)41-69-49-111-69/h1-38,43-46,67-70,89-90H,39-42,47-50H2,(H,103,104)(H,105,106). The lowest BCUT2D eigenvalue weighted by Crippen LogP contribution is -2.45. The number of aliphatic carboxylic acids is 2. The molecule has 21 rings (SSSR count). The monoisotopic (exact) mass is 1600 g/mol. The van der Waals surface area contributed by atoms with Crippen LogP contribution in [0.4, 0.5) is 0 Å². The third-order valence-electron chi connectivity index (χ3n) is 21.8. The van der Waals surface area contributed by atoms with Crippen LogP contribution in [-0.4, -0.2) is 106 Å². The molecule has 0 spiro atoms. The molecule has 592 valence electrons. The summed E-state index contributed by atoms with van der Waals surface area (Å²) in [5, 5.41) is 23.1. The molecule has 24 nitrogen and oxygen atoms in total. The van der Waals surface area contributed by atoms with Crippen molar-refractivity contribution in [2.45, 2.75) is 62.2 Å². The van der Waals surface area contributed by atoms with E-state index in [1.54, 1.807) is 97.1 Å². The maximum absolute atomic E-state index is 16.3. The molecule has 120 heavy (non-hydrogen) atoms. The second kappa shape index (κ2) is 29.7.